The standard InChI is InChI=1S/C18H19Cl2N3O4S/c19-14-11-21-23(18(24)17(14)20)12-5-7-13(8-6-12)28(25,26)22-9-10-27-16-4-2-1-3-15(16)22/h5-8,11,15-16H,1-4,9-10H2/t15-,16-/m1/s1. The molecule has 2 atom stereocenters. The summed E-state index contributed by atoms with van der Waals surface area (Å²) >= 11 is 11.7. The Balaban J connectivity index is 1.65. The number of nitrogens with zero attached hydrogens (tertiary/aromatic N) is 3. The summed E-state index contributed by atoms with van der Waals surface area (Å²) in [7, 11) is -3.66. The number of benzene rings is 1. The lowest BCUT2D eigenvalue weighted by Gasteiger charge is -2.42. The molecule has 2 heterocycles. The highest BCUT2D eigenvalue weighted by Gasteiger charge is 2.40. The first-order chi connectivity index (χ1) is 13.4. The molecule has 1 aliphatic heterocycles. The minimum absolute atomic E-state index is 0.0319. The van der Waals surface area contributed by atoms with Gasteiger partial charge in [0, 0.05) is 6.54 Å². The van der Waals surface area contributed by atoms with E-state index >= 15 is 0 Å². The van der Waals surface area contributed by atoms with Gasteiger partial charge < -0.3 is 4.74 Å². The van der Waals surface area contributed by atoms with Gasteiger partial charge in [-0.3, -0.25) is 4.79 Å². The quantitative estimate of drug-likeness (QED) is 0.728. The minimum Gasteiger partial charge on any atom is -0.375 e. The van der Waals surface area contributed by atoms with Crippen LogP contribution >= 0.6 is 23.2 Å². The number of aromatic nitrogens is 2. The Kier molecular flexibility index (Phi) is 5.50. The second-order valence-corrected chi connectivity index (χ2v) is 9.57. The molecule has 7 nitrogen and oxygen atoms in total. The molecule has 0 bridgehead atoms. The van der Waals surface area contributed by atoms with Gasteiger partial charge in [-0.15, -0.1) is 0 Å². The van der Waals surface area contributed by atoms with E-state index in [1.54, 1.807) is 4.31 Å². The zero-order valence-electron chi connectivity index (χ0n) is 14.9. The normalized spacial score (nSPS) is 23.4. The van der Waals surface area contributed by atoms with E-state index in [0.717, 1.165) is 30.4 Å². The van der Waals surface area contributed by atoms with Crippen molar-refractivity contribution in [2.45, 2.75) is 42.7 Å². The third kappa shape index (κ3) is 3.48. The van der Waals surface area contributed by atoms with Crippen LogP contribution in [0.3, 0.4) is 0 Å². The van der Waals surface area contributed by atoms with Gasteiger partial charge in [-0.2, -0.15) is 14.1 Å². The van der Waals surface area contributed by atoms with Gasteiger partial charge in [0.1, 0.15) is 5.02 Å². The van der Waals surface area contributed by atoms with Crippen LogP contribution in [0.25, 0.3) is 5.69 Å². The van der Waals surface area contributed by atoms with Crippen molar-refractivity contribution in [1.29, 1.82) is 0 Å². The van der Waals surface area contributed by atoms with Crippen molar-refractivity contribution < 1.29 is 13.2 Å². The Bertz CT molecular complexity index is 1040. The molecular weight excluding hydrogens is 425 g/mol. The topological polar surface area (TPSA) is 81.5 Å². The summed E-state index contributed by atoms with van der Waals surface area (Å²) < 4.78 is 34.8. The fraction of sp³-hybridized carbons (Fsp3) is 0.444. The molecular formula is C18H19Cl2N3O4S. The van der Waals surface area contributed by atoms with Crippen LogP contribution in [0.1, 0.15) is 25.7 Å². The molecule has 1 aromatic heterocycles. The van der Waals surface area contributed by atoms with Gasteiger partial charge in [0.15, 0.2) is 0 Å². The first-order valence-corrected chi connectivity index (χ1v) is 11.3. The molecule has 1 saturated heterocycles. The smallest absolute Gasteiger partial charge is 0.291 e. The summed E-state index contributed by atoms with van der Waals surface area (Å²) in [6.07, 6.45) is 5.01. The molecule has 1 aliphatic carbocycles. The maximum atomic E-state index is 13.2. The van der Waals surface area contributed by atoms with Crippen molar-refractivity contribution in [1.82, 2.24) is 14.1 Å². The van der Waals surface area contributed by atoms with Crippen LogP contribution in [0, 0.1) is 0 Å². The lowest BCUT2D eigenvalue weighted by Crippen LogP contribution is -2.54. The molecule has 2 aliphatic rings. The zero-order chi connectivity index (χ0) is 19.9. The SMILES string of the molecule is O=c1c(Cl)c(Cl)cnn1-c1ccc(S(=O)(=O)N2CCO[C@@H]3CCCC[C@H]32)cc1. The Hall–Kier alpha value is -1.45. The lowest BCUT2D eigenvalue weighted by molar-refractivity contribution is -0.0586. The van der Waals surface area contributed by atoms with Crippen LogP contribution in [-0.2, 0) is 14.8 Å². The van der Waals surface area contributed by atoms with E-state index in [2.05, 4.69) is 5.10 Å². The highest BCUT2D eigenvalue weighted by atomic mass is 35.5. The monoisotopic (exact) mass is 443 g/mol. The molecule has 2 aromatic rings. The van der Waals surface area contributed by atoms with Gasteiger partial charge >= 0.3 is 0 Å². The summed E-state index contributed by atoms with van der Waals surface area (Å²) in [6, 6.07) is 5.91. The van der Waals surface area contributed by atoms with E-state index in [1.165, 1.54) is 30.5 Å². The van der Waals surface area contributed by atoms with Crippen LogP contribution in [0.5, 0.6) is 0 Å². The molecule has 0 radical (unpaired) electrons. The van der Waals surface area contributed by atoms with Crippen molar-refractivity contribution in [3.05, 3.63) is 50.9 Å². The summed E-state index contributed by atoms with van der Waals surface area (Å²) in [4.78, 5) is 12.4. The molecule has 1 aromatic carbocycles. The Morgan fingerprint density at radius 3 is 2.57 bits per heavy atom. The summed E-state index contributed by atoms with van der Waals surface area (Å²) in [6.45, 7) is 0.750. The van der Waals surface area contributed by atoms with Gasteiger partial charge in [-0.05, 0) is 37.1 Å². The summed E-state index contributed by atoms with van der Waals surface area (Å²) in [5.41, 5.74) is -0.164. The summed E-state index contributed by atoms with van der Waals surface area (Å²) in [5.74, 6) is 0. The third-order valence-electron chi connectivity index (χ3n) is 5.25. The summed E-state index contributed by atoms with van der Waals surface area (Å²) in [5, 5.41) is 3.89. The average Bonchev–Trinajstić information content (AvgIpc) is 2.72. The molecule has 0 spiro atoms. The van der Waals surface area contributed by atoms with E-state index in [9.17, 15) is 13.2 Å². The molecule has 2 fully saturated rings. The van der Waals surface area contributed by atoms with E-state index in [1.807, 2.05) is 0 Å². The number of rotatable bonds is 3. The highest BCUT2D eigenvalue weighted by Crippen LogP contribution is 2.32. The van der Waals surface area contributed by atoms with Gasteiger partial charge in [0.2, 0.25) is 10.0 Å². The maximum Gasteiger partial charge on any atom is 0.291 e. The van der Waals surface area contributed by atoms with Gasteiger partial charge in [-0.1, -0.05) is 36.0 Å². The zero-order valence-corrected chi connectivity index (χ0v) is 17.3. The third-order valence-corrected chi connectivity index (χ3v) is 7.93. The first kappa shape index (κ1) is 19.8. The first-order valence-electron chi connectivity index (χ1n) is 9.07. The lowest BCUT2D eigenvalue weighted by atomic mass is 9.91. The number of fused-ring (bicyclic) bond motifs is 1. The molecule has 150 valence electrons. The highest BCUT2D eigenvalue weighted by molar-refractivity contribution is 7.89. The van der Waals surface area contributed by atoms with Crippen molar-refractivity contribution >= 4 is 33.2 Å². The van der Waals surface area contributed by atoms with Crippen molar-refractivity contribution in [2.24, 2.45) is 0 Å². The molecule has 4 rings (SSSR count). The van der Waals surface area contributed by atoms with Crippen LogP contribution in [0.15, 0.2) is 40.2 Å². The van der Waals surface area contributed by atoms with E-state index < -0.39 is 15.6 Å². The Labute approximate surface area is 172 Å². The number of halogens is 2. The molecule has 10 heteroatoms. The number of sulfonamides is 1. The van der Waals surface area contributed by atoms with Gasteiger partial charge in [0.05, 0.1) is 40.6 Å². The molecule has 0 N–H and O–H groups in total. The Morgan fingerprint density at radius 1 is 1.11 bits per heavy atom. The predicted molar refractivity (Wildman–Crippen MR) is 106 cm³/mol. The largest absolute Gasteiger partial charge is 0.375 e. The predicted octanol–water partition coefficient (Wildman–Crippen LogP) is 2.87. The van der Waals surface area contributed by atoms with Crippen LogP contribution in [-0.4, -0.2) is 47.8 Å². The van der Waals surface area contributed by atoms with Crippen LogP contribution < -0.4 is 5.56 Å². The van der Waals surface area contributed by atoms with Crippen LogP contribution in [0.4, 0.5) is 0 Å². The second kappa shape index (κ2) is 7.76. The molecule has 0 unspecified atom stereocenters. The molecule has 1 saturated carbocycles. The van der Waals surface area contributed by atoms with Gasteiger partial charge in [-0.25, -0.2) is 8.42 Å². The number of ether oxygens (including phenoxy) is 1. The minimum atomic E-state index is -3.66. The Morgan fingerprint density at radius 2 is 1.82 bits per heavy atom. The average molecular weight is 444 g/mol. The van der Waals surface area contributed by atoms with E-state index in [0.29, 0.717) is 18.8 Å². The molecule has 28 heavy (non-hydrogen) atoms. The van der Waals surface area contributed by atoms with E-state index in [4.69, 9.17) is 27.9 Å². The fourth-order valence-electron chi connectivity index (χ4n) is 3.85. The van der Waals surface area contributed by atoms with Gasteiger partial charge in [0.25, 0.3) is 5.56 Å². The number of hydrogen-bond acceptors (Lipinski definition) is 5. The fourth-order valence-corrected chi connectivity index (χ4v) is 5.77. The number of morpholine rings is 1. The number of hydrogen-bond donors (Lipinski definition) is 0. The van der Waals surface area contributed by atoms with Crippen LogP contribution in [0.2, 0.25) is 10.0 Å². The van der Waals surface area contributed by atoms with Crippen molar-refractivity contribution in [3.63, 3.8) is 0 Å². The van der Waals surface area contributed by atoms with E-state index in [-0.39, 0.29) is 27.1 Å². The van der Waals surface area contributed by atoms with Crippen molar-refractivity contribution in [2.75, 3.05) is 13.2 Å². The maximum absolute atomic E-state index is 13.2. The molecule has 0 amide bonds. The second-order valence-electron chi connectivity index (χ2n) is 6.89. The van der Waals surface area contributed by atoms with Crippen molar-refractivity contribution in [3.8, 4) is 5.69 Å².